The molecule has 1 amide bonds. The molecular formula is C23H29IN2O5. The van der Waals surface area contributed by atoms with Crippen LogP contribution < -0.4 is 24.4 Å². The van der Waals surface area contributed by atoms with Gasteiger partial charge in [-0.3, -0.25) is 4.79 Å². The van der Waals surface area contributed by atoms with Gasteiger partial charge < -0.3 is 18.9 Å². The molecule has 0 fully saturated rings. The van der Waals surface area contributed by atoms with Crippen LogP contribution in [0.4, 0.5) is 0 Å². The monoisotopic (exact) mass is 540 g/mol. The van der Waals surface area contributed by atoms with Crippen molar-refractivity contribution in [1.29, 1.82) is 0 Å². The van der Waals surface area contributed by atoms with Gasteiger partial charge in [0.05, 0.1) is 36.2 Å². The van der Waals surface area contributed by atoms with E-state index in [2.05, 4.69) is 40.0 Å². The van der Waals surface area contributed by atoms with Gasteiger partial charge in [0.25, 0.3) is 5.91 Å². The van der Waals surface area contributed by atoms with Gasteiger partial charge in [0, 0.05) is 5.56 Å². The summed E-state index contributed by atoms with van der Waals surface area (Å²) in [6.45, 7) is 9.88. The van der Waals surface area contributed by atoms with Gasteiger partial charge >= 0.3 is 0 Å². The van der Waals surface area contributed by atoms with Crippen LogP contribution in [0, 0.1) is 3.57 Å². The largest absolute Gasteiger partial charge is 0.490 e. The third-order valence-electron chi connectivity index (χ3n) is 3.97. The van der Waals surface area contributed by atoms with E-state index in [0.29, 0.717) is 49.2 Å². The first-order chi connectivity index (χ1) is 15.0. The number of nitrogens with zero attached hydrogens (tertiary/aromatic N) is 1. The average Bonchev–Trinajstić information content (AvgIpc) is 2.75. The zero-order valence-electron chi connectivity index (χ0n) is 18.4. The van der Waals surface area contributed by atoms with Crippen molar-refractivity contribution in [2.24, 2.45) is 5.10 Å². The molecule has 0 heterocycles. The fourth-order valence-corrected chi connectivity index (χ4v) is 3.47. The van der Waals surface area contributed by atoms with Gasteiger partial charge in [-0.15, -0.1) is 0 Å². The molecule has 2 aromatic rings. The quantitative estimate of drug-likeness (QED) is 0.232. The van der Waals surface area contributed by atoms with Crippen LogP contribution in [0.1, 0.15) is 50.0 Å². The number of amides is 1. The van der Waals surface area contributed by atoms with E-state index >= 15 is 0 Å². The number of hydrazone groups is 1. The van der Waals surface area contributed by atoms with Gasteiger partial charge in [-0.2, -0.15) is 5.10 Å². The molecule has 0 saturated heterocycles. The molecule has 0 aromatic heterocycles. The molecule has 2 rings (SSSR count). The molecule has 1 N–H and O–H groups in total. The summed E-state index contributed by atoms with van der Waals surface area (Å²) in [6, 6.07) is 8.81. The number of benzene rings is 2. The summed E-state index contributed by atoms with van der Waals surface area (Å²) in [4.78, 5) is 12.5. The lowest BCUT2D eigenvalue weighted by atomic mass is 10.2. The predicted molar refractivity (Wildman–Crippen MR) is 130 cm³/mol. The third kappa shape index (κ3) is 7.30. The Morgan fingerprint density at radius 3 is 2.29 bits per heavy atom. The van der Waals surface area contributed by atoms with Crippen molar-refractivity contribution in [3.8, 4) is 23.0 Å². The van der Waals surface area contributed by atoms with Crippen molar-refractivity contribution in [3.63, 3.8) is 0 Å². The summed E-state index contributed by atoms with van der Waals surface area (Å²) in [6.07, 6.45) is 2.48. The van der Waals surface area contributed by atoms with Gasteiger partial charge in [-0.05, 0) is 85.7 Å². The van der Waals surface area contributed by atoms with Gasteiger partial charge in [-0.25, -0.2) is 5.43 Å². The fraction of sp³-hybridized carbons (Fsp3) is 0.391. The summed E-state index contributed by atoms with van der Waals surface area (Å²) >= 11 is 2.21. The number of nitrogens with one attached hydrogen (secondary N) is 1. The standard InChI is InChI=1S/C23H29IN2O5/c1-5-11-31-22-18(24)12-16(13-21(22)30-8-4)15-25-26-23(27)17-9-10-19(28-6-2)20(14-17)29-7-3/h9-10,12-15H,5-8,11H2,1-4H3,(H,26,27)/b25-15+. The fourth-order valence-electron chi connectivity index (χ4n) is 2.69. The van der Waals surface area contributed by atoms with E-state index in [1.807, 2.05) is 32.9 Å². The van der Waals surface area contributed by atoms with E-state index in [1.54, 1.807) is 24.4 Å². The van der Waals surface area contributed by atoms with E-state index in [9.17, 15) is 4.79 Å². The van der Waals surface area contributed by atoms with E-state index in [1.165, 1.54) is 0 Å². The Hall–Kier alpha value is -2.49. The Labute approximate surface area is 197 Å². The maximum Gasteiger partial charge on any atom is 0.271 e. The number of carbonyl (C=O) groups excluding carboxylic acids is 1. The van der Waals surface area contributed by atoms with E-state index < -0.39 is 0 Å². The molecule has 0 unspecified atom stereocenters. The third-order valence-corrected chi connectivity index (χ3v) is 4.77. The SMILES string of the molecule is CCCOc1c(I)cc(/C=N/NC(=O)c2ccc(OCC)c(OCC)c2)cc1OCC. The molecule has 0 bridgehead atoms. The van der Waals surface area contributed by atoms with Crippen LogP contribution in [0.3, 0.4) is 0 Å². The molecule has 7 nitrogen and oxygen atoms in total. The van der Waals surface area contributed by atoms with Crippen LogP contribution in [0.15, 0.2) is 35.4 Å². The summed E-state index contributed by atoms with van der Waals surface area (Å²) in [5.41, 5.74) is 3.77. The van der Waals surface area contributed by atoms with Crippen molar-refractivity contribution in [2.75, 3.05) is 26.4 Å². The molecule has 0 saturated carbocycles. The van der Waals surface area contributed by atoms with Gasteiger partial charge in [0.1, 0.15) is 0 Å². The van der Waals surface area contributed by atoms with E-state index in [-0.39, 0.29) is 5.91 Å². The van der Waals surface area contributed by atoms with Crippen LogP contribution in [0.5, 0.6) is 23.0 Å². The topological polar surface area (TPSA) is 78.4 Å². The Bertz CT molecular complexity index is 902. The van der Waals surface area contributed by atoms with Crippen LogP contribution in [-0.4, -0.2) is 38.5 Å². The minimum Gasteiger partial charge on any atom is -0.490 e. The van der Waals surface area contributed by atoms with Crippen molar-refractivity contribution in [1.82, 2.24) is 5.43 Å². The highest BCUT2D eigenvalue weighted by Crippen LogP contribution is 2.34. The van der Waals surface area contributed by atoms with Crippen LogP contribution in [0.25, 0.3) is 0 Å². The van der Waals surface area contributed by atoms with Crippen LogP contribution >= 0.6 is 22.6 Å². The minimum absolute atomic E-state index is 0.345. The number of carbonyl (C=O) groups is 1. The van der Waals surface area contributed by atoms with E-state index in [0.717, 1.165) is 21.3 Å². The number of hydrogen-bond acceptors (Lipinski definition) is 6. The maximum absolute atomic E-state index is 12.5. The first kappa shape index (κ1) is 24.8. The Morgan fingerprint density at radius 1 is 0.935 bits per heavy atom. The minimum atomic E-state index is -0.345. The summed E-state index contributed by atoms with van der Waals surface area (Å²) in [5, 5.41) is 4.09. The highest BCUT2D eigenvalue weighted by atomic mass is 127. The highest BCUT2D eigenvalue weighted by Gasteiger charge is 2.13. The van der Waals surface area contributed by atoms with Crippen molar-refractivity contribution >= 4 is 34.7 Å². The lowest BCUT2D eigenvalue weighted by Crippen LogP contribution is -2.17. The van der Waals surface area contributed by atoms with Crippen molar-refractivity contribution in [3.05, 3.63) is 45.0 Å². The summed E-state index contributed by atoms with van der Waals surface area (Å²) in [5.74, 6) is 2.17. The van der Waals surface area contributed by atoms with Gasteiger partial charge in [-0.1, -0.05) is 6.92 Å². The lowest BCUT2D eigenvalue weighted by molar-refractivity contribution is 0.0954. The Balaban J connectivity index is 2.14. The molecule has 0 atom stereocenters. The van der Waals surface area contributed by atoms with Crippen LogP contribution in [0.2, 0.25) is 0 Å². The normalized spacial score (nSPS) is 10.7. The second-order valence-corrected chi connectivity index (χ2v) is 7.50. The molecule has 31 heavy (non-hydrogen) atoms. The number of halogens is 1. The Kier molecular flexibility index (Phi) is 10.4. The zero-order valence-corrected chi connectivity index (χ0v) is 20.5. The second-order valence-electron chi connectivity index (χ2n) is 6.34. The van der Waals surface area contributed by atoms with Gasteiger partial charge in [0.2, 0.25) is 0 Å². The Morgan fingerprint density at radius 2 is 1.61 bits per heavy atom. The average molecular weight is 540 g/mol. The first-order valence-electron chi connectivity index (χ1n) is 10.4. The molecule has 0 aliphatic carbocycles. The molecule has 8 heteroatoms. The maximum atomic E-state index is 12.5. The number of hydrogen-bond donors (Lipinski definition) is 1. The first-order valence-corrected chi connectivity index (χ1v) is 11.4. The highest BCUT2D eigenvalue weighted by molar-refractivity contribution is 14.1. The molecule has 168 valence electrons. The van der Waals surface area contributed by atoms with Crippen LogP contribution in [-0.2, 0) is 0 Å². The lowest BCUT2D eigenvalue weighted by Gasteiger charge is -2.14. The van der Waals surface area contributed by atoms with Crippen molar-refractivity contribution in [2.45, 2.75) is 34.1 Å². The number of ether oxygens (including phenoxy) is 4. The smallest absolute Gasteiger partial charge is 0.271 e. The van der Waals surface area contributed by atoms with Gasteiger partial charge in [0.15, 0.2) is 23.0 Å². The molecule has 0 radical (unpaired) electrons. The molecule has 0 spiro atoms. The summed E-state index contributed by atoms with van der Waals surface area (Å²) < 4.78 is 23.5. The number of rotatable bonds is 12. The molecule has 0 aliphatic heterocycles. The second kappa shape index (κ2) is 13.0. The van der Waals surface area contributed by atoms with Crippen molar-refractivity contribution < 1.29 is 23.7 Å². The predicted octanol–water partition coefficient (Wildman–Crippen LogP) is 5.04. The molecular weight excluding hydrogens is 511 g/mol. The molecule has 2 aromatic carbocycles. The zero-order chi connectivity index (χ0) is 22.6. The summed E-state index contributed by atoms with van der Waals surface area (Å²) in [7, 11) is 0. The van der Waals surface area contributed by atoms with E-state index in [4.69, 9.17) is 18.9 Å². The molecule has 0 aliphatic rings.